The molecule has 130 valence electrons. The molecule has 0 aliphatic carbocycles. The number of hydrogen-bond acceptors (Lipinski definition) is 3. The zero-order chi connectivity index (χ0) is 18.3. The van der Waals surface area contributed by atoms with Crippen molar-refractivity contribution in [1.82, 2.24) is 14.9 Å². The quantitative estimate of drug-likeness (QED) is 0.660. The summed E-state index contributed by atoms with van der Waals surface area (Å²) in [5, 5.41) is 5.29. The van der Waals surface area contributed by atoms with Gasteiger partial charge in [0.15, 0.2) is 0 Å². The van der Waals surface area contributed by atoms with E-state index in [1.165, 1.54) is 11.6 Å². The number of nitrogens with one attached hydrogen (secondary N) is 3. The van der Waals surface area contributed by atoms with Crippen LogP contribution in [-0.2, 0) is 7.05 Å². The molecule has 1 atom stereocenters. The number of fused-ring (bicyclic) bond motifs is 1. The van der Waals surface area contributed by atoms with E-state index < -0.39 is 23.3 Å². The highest BCUT2D eigenvalue weighted by Crippen LogP contribution is 2.29. The summed E-state index contributed by atoms with van der Waals surface area (Å²) in [4.78, 5) is 38.5. The van der Waals surface area contributed by atoms with Gasteiger partial charge in [0, 0.05) is 7.05 Å². The van der Waals surface area contributed by atoms with Crippen molar-refractivity contribution in [3.05, 3.63) is 86.6 Å². The van der Waals surface area contributed by atoms with Crippen molar-refractivity contribution in [2.45, 2.75) is 6.04 Å². The van der Waals surface area contributed by atoms with Gasteiger partial charge in [-0.15, -0.1) is 0 Å². The maximum absolute atomic E-state index is 12.4. The Kier molecular flexibility index (Phi) is 3.69. The van der Waals surface area contributed by atoms with Gasteiger partial charge in [-0.05, 0) is 16.7 Å². The third-order valence-corrected chi connectivity index (χ3v) is 4.51. The molecule has 7 nitrogen and oxygen atoms in total. The molecule has 2 heterocycles. The van der Waals surface area contributed by atoms with Crippen LogP contribution in [0.1, 0.15) is 17.2 Å². The van der Waals surface area contributed by atoms with Crippen LogP contribution in [0.5, 0.6) is 0 Å². The third kappa shape index (κ3) is 2.59. The van der Waals surface area contributed by atoms with Gasteiger partial charge in [0.1, 0.15) is 5.82 Å². The van der Waals surface area contributed by atoms with Crippen LogP contribution in [-0.4, -0.2) is 15.6 Å². The first-order valence-corrected chi connectivity index (χ1v) is 8.10. The Morgan fingerprint density at radius 1 is 0.885 bits per heavy atom. The summed E-state index contributed by atoms with van der Waals surface area (Å²) in [5.74, 6) is 0.208. The highest BCUT2D eigenvalue weighted by Gasteiger charge is 2.30. The van der Waals surface area contributed by atoms with Gasteiger partial charge in [0.25, 0.3) is 5.56 Å². The van der Waals surface area contributed by atoms with Gasteiger partial charge in [-0.3, -0.25) is 19.7 Å². The number of amides is 2. The second kappa shape index (κ2) is 6.03. The number of aromatic amines is 1. The monoisotopic (exact) mass is 348 g/mol. The number of carbonyl (C=O) groups is 1. The lowest BCUT2D eigenvalue weighted by atomic mass is 9.96. The van der Waals surface area contributed by atoms with Crippen molar-refractivity contribution in [2.24, 2.45) is 7.05 Å². The van der Waals surface area contributed by atoms with Crippen LogP contribution >= 0.6 is 0 Å². The van der Waals surface area contributed by atoms with Gasteiger partial charge in [-0.2, -0.15) is 0 Å². The van der Waals surface area contributed by atoms with Gasteiger partial charge in [-0.25, -0.2) is 9.59 Å². The fraction of sp³-hybridized carbons (Fsp3) is 0.105. The number of rotatable bonds is 2. The van der Waals surface area contributed by atoms with Crippen molar-refractivity contribution >= 4 is 11.8 Å². The predicted molar refractivity (Wildman–Crippen MR) is 98.2 cm³/mol. The number of hydrogen-bond donors (Lipinski definition) is 3. The number of benzene rings is 2. The minimum absolute atomic E-state index is 0.208. The van der Waals surface area contributed by atoms with Crippen molar-refractivity contribution in [2.75, 3.05) is 5.32 Å². The Hall–Kier alpha value is -3.61. The topological polar surface area (TPSA) is 96.0 Å². The molecule has 2 amide bonds. The number of anilines is 1. The molecule has 7 heteroatoms. The normalized spacial score (nSPS) is 15.7. The maximum atomic E-state index is 12.4. The van der Waals surface area contributed by atoms with Crippen LogP contribution in [0.2, 0.25) is 0 Å². The molecular weight excluding hydrogens is 332 g/mol. The van der Waals surface area contributed by atoms with E-state index in [2.05, 4.69) is 15.6 Å². The average molecular weight is 348 g/mol. The van der Waals surface area contributed by atoms with Crippen LogP contribution < -0.4 is 21.9 Å². The highest BCUT2D eigenvalue weighted by atomic mass is 16.2. The first-order chi connectivity index (χ1) is 12.5. The minimum Gasteiger partial charge on any atom is -0.327 e. The standard InChI is InChI=1S/C19H16N4O3/c1-23-16-14(17(24)22-19(23)26)15(20-18(25)21-16)13-9-7-12(8-10-13)11-5-3-2-4-6-11/h2-10,15H,1H3,(H2,20,21,25)(H,22,24,26)/t15-/m1/s1. The molecule has 26 heavy (non-hydrogen) atoms. The molecule has 0 fully saturated rings. The van der Waals surface area contributed by atoms with E-state index in [4.69, 9.17) is 0 Å². The minimum atomic E-state index is -0.640. The van der Waals surface area contributed by atoms with Crippen molar-refractivity contribution in [1.29, 1.82) is 0 Å². The van der Waals surface area contributed by atoms with Crippen LogP contribution in [0.3, 0.4) is 0 Å². The molecule has 3 N–H and O–H groups in total. The zero-order valence-corrected chi connectivity index (χ0v) is 13.9. The van der Waals surface area contributed by atoms with Crippen LogP contribution in [0.15, 0.2) is 64.2 Å². The van der Waals surface area contributed by atoms with Crippen LogP contribution in [0.25, 0.3) is 11.1 Å². The summed E-state index contributed by atoms with van der Waals surface area (Å²) in [6, 6.07) is 16.4. The lowest BCUT2D eigenvalue weighted by Crippen LogP contribution is -2.46. The van der Waals surface area contributed by atoms with Crippen LogP contribution in [0.4, 0.5) is 10.6 Å². The Balaban J connectivity index is 1.80. The lowest BCUT2D eigenvalue weighted by molar-refractivity contribution is 0.248. The molecule has 1 aliphatic rings. The zero-order valence-electron chi connectivity index (χ0n) is 13.9. The molecule has 2 aromatic carbocycles. The van der Waals surface area contributed by atoms with E-state index >= 15 is 0 Å². The van der Waals surface area contributed by atoms with E-state index in [9.17, 15) is 14.4 Å². The van der Waals surface area contributed by atoms with Gasteiger partial charge in [0.2, 0.25) is 0 Å². The predicted octanol–water partition coefficient (Wildman–Crippen LogP) is 1.97. The number of aromatic nitrogens is 2. The molecule has 0 spiro atoms. The summed E-state index contributed by atoms with van der Waals surface area (Å²) in [5.41, 5.74) is 2.07. The van der Waals surface area contributed by atoms with Crippen molar-refractivity contribution in [3.63, 3.8) is 0 Å². The molecule has 0 bridgehead atoms. The largest absolute Gasteiger partial charge is 0.329 e. The summed E-state index contributed by atoms with van der Waals surface area (Å²) in [6.45, 7) is 0. The fourth-order valence-electron chi connectivity index (χ4n) is 3.15. The number of urea groups is 1. The van der Waals surface area contributed by atoms with Gasteiger partial charge in [0.05, 0.1) is 11.6 Å². The van der Waals surface area contributed by atoms with E-state index in [1.54, 1.807) is 0 Å². The Bertz CT molecular complexity index is 1100. The summed E-state index contributed by atoms with van der Waals surface area (Å²) in [7, 11) is 1.50. The number of carbonyl (C=O) groups excluding carboxylic acids is 1. The summed E-state index contributed by atoms with van der Waals surface area (Å²) < 4.78 is 1.22. The molecular formula is C19H16N4O3. The van der Waals surface area contributed by atoms with Crippen LogP contribution in [0, 0.1) is 0 Å². The van der Waals surface area contributed by atoms with Gasteiger partial charge >= 0.3 is 11.7 Å². The molecule has 1 aliphatic heterocycles. The first-order valence-electron chi connectivity index (χ1n) is 8.10. The van der Waals surface area contributed by atoms with E-state index in [0.717, 1.165) is 16.7 Å². The first kappa shape index (κ1) is 15.9. The Labute approximate surface area is 148 Å². The SMILES string of the molecule is Cn1c2c(c(=O)[nH]c1=O)[C@@H](c1ccc(-c3ccccc3)cc1)NC(=O)N2. The number of H-pyrrole nitrogens is 1. The molecule has 3 aromatic rings. The van der Waals surface area contributed by atoms with E-state index in [1.807, 2.05) is 54.6 Å². The third-order valence-electron chi connectivity index (χ3n) is 4.51. The average Bonchev–Trinajstić information content (AvgIpc) is 2.66. The second-order valence-corrected chi connectivity index (χ2v) is 6.10. The Morgan fingerprint density at radius 2 is 1.54 bits per heavy atom. The Morgan fingerprint density at radius 3 is 2.23 bits per heavy atom. The summed E-state index contributed by atoms with van der Waals surface area (Å²) in [6.07, 6.45) is 0. The lowest BCUT2D eigenvalue weighted by Gasteiger charge is -2.27. The van der Waals surface area contributed by atoms with E-state index in [0.29, 0.717) is 5.56 Å². The summed E-state index contributed by atoms with van der Waals surface area (Å²) >= 11 is 0. The smallest absolute Gasteiger partial charge is 0.327 e. The maximum Gasteiger partial charge on any atom is 0.329 e. The number of nitrogens with zero attached hydrogens (tertiary/aromatic N) is 1. The molecule has 4 rings (SSSR count). The van der Waals surface area contributed by atoms with E-state index in [-0.39, 0.29) is 5.82 Å². The molecule has 0 unspecified atom stereocenters. The second-order valence-electron chi connectivity index (χ2n) is 6.10. The van der Waals surface area contributed by atoms with Crippen molar-refractivity contribution < 1.29 is 4.79 Å². The fourth-order valence-corrected chi connectivity index (χ4v) is 3.15. The van der Waals surface area contributed by atoms with Gasteiger partial charge < -0.3 is 5.32 Å². The highest BCUT2D eigenvalue weighted by molar-refractivity contribution is 5.92. The van der Waals surface area contributed by atoms with Gasteiger partial charge in [-0.1, -0.05) is 54.6 Å². The molecule has 1 aromatic heterocycles. The molecule has 0 saturated heterocycles. The molecule has 0 radical (unpaired) electrons. The van der Waals surface area contributed by atoms with Crippen molar-refractivity contribution in [3.8, 4) is 11.1 Å². The molecule has 0 saturated carbocycles.